The number of carbonyl (C=O) groups is 1. The zero-order chi connectivity index (χ0) is 17.3. The van der Waals surface area contributed by atoms with Gasteiger partial charge in [-0.2, -0.15) is 0 Å². The molecule has 0 bridgehead atoms. The fourth-order valence-electron chi connectivity index (χ4n) is 2.88. The lowest BCUT2D eigenvalue weighted by molar-refractivity contribution is -0.137. The number of nitrogens with two attached hydrogens (primary N) is 1. The number of halogens is 2. The highest BCUT2D eigenvalue weighted by Gasteiger charge is 2.19. The lowest BCUT2D eigenvalue weighted by Gasteiger charge is -2.17. The average molecular weight is 336 g/mol. The van der Waals surface area contributed by atoms with E-state index in [9.17, 15) is 9.18 Å². The molecule has 0 aliphatic rings. The Morgan fingerprint density at radius 3 is 2.26 bits per heavy atom. The number of carboxylic acid groups (broad SMARTS) is 1. The molecule has 1 atom stereocenters. The van der Waals surface area contributed by atoms with Crippen LogP contribution in [0.25, 0.3) is 11.1 Å². The molecular formula is C18H19ClFNO2. The Bertz CT molecular complexity index is 751. The van der Waals surface area contributed by atoms with E-state index in [1.54, 1.807) is 19.1 Å². The van der Waals surface area contributed by atoms with Crippen molar-refractivity contribution in [1.82, 2.24) is 0 Å². The monoisotopic (exact) mass is 335 g/mol. The third-order valence-electron chi connectivity index (χ3n) is 3.86. The Morgan fingerprint density at radius 1 is 1.17 bits per heavy atom. The first-order chi connectivity index (χ1) is 10.7. The second-order valence-corrected chi connectivity index (χ2v) is 6.25. The van der Waals surface area contributed by atoms with Crippen LogP contribution in [0.5, 0.6) is 0 Å². The maximum Gasteiger partial charge on any atom is 0.305 e. The summed E-state index contributed by atoms with van der Waals surface area (Å²) in [4.78, 5) is 10.9. The van der Waals surface area contributed by atoms with Gasteiger partial charge in [-0.15, -0.1) is 0 Å². The highest BCUT2D eigenvalue weighted by Crippen LogP contribution is 2.34. The summed E-state index contributed by atoms with van der Waals surface area (Å²) in [5.41, 5.74) is 10.2. The van der Waals surface area contributed by atoms with Crippen LogP contribution in [0.15, 0.2) is 24.3 Å². The highest BCUT2D eigenvalue weighted by atomic mass is 35.5. The topological polar surface area (TPSA) is 63.3 Å². The fraction of sp³-hybridized carbons (Fsp3) is 0.278. The summed E-state index contributed by atoms with van der Waals surface area (Å²) in [6.07, 6.45) is -0.321. The number of carboxylic acids is 1. The highest BCUT2D eigenvalue weighted by molar-refractivity contribution is 6.30. The van der Waals surface area contributed by atoms with Gasteiger partial charge in [0.05, 0.1) is 6.42 Å². The summed E-state index contributed by atoms with van der Waals surface area (Å²) in [5.74, 6) is -1.51. The SMILES string of the molecule is Cc1cc(-c2c(C)cc(Cl)cc2C)cc(C(N)CC(=O)O)c1F. The van der Waals surface area contributed by atoms with Gasteiger partial charge < -0.3 is 10.8 Å². The fourth-order valence-corrected chi connectivity index (χ4v) is 3.20. The van der Waals surface area contributed by atoms with E-state index in [0.29, 0.717) is 10.6 Å². The Labute approximate surface area is 139 Å². The summed E-state index contributed by atoms with van der Waals surface area (Å²) in [6, 6.07) is 6.19. The van der Waals surface area contributed by atoms with E-state index in [4.69, 9.17) is 22.4 Å². The molecule has 0 radical (unpaired) electrons. The lowest BCUT2D eigenvalue weighted by Crippen LogP contribution is -2.17. The number of hydrogen-bond donors (Lipinski definition) is 2. The molecule has 0 aromatic heterocycles. The Kier molecular flexibility index (Phi) is 5.07. The maximum atomic E-state index is 14.4. The molecule has 1 unspecified atom stereocenters. The summed E-state index contributed by atoms with van der Waals surface area (Å²) in [6.45, 7) is 5.52. The van der Waals surface area contributed by atoms with Crippen molar-refractivity contribution in [1.29, 1.82) is 0 Å². The predicted molar refractivity (Wildman–Crippen MR) is 90.2 cm³/mol. The van der Waals surface area contributed by atoms with Gasteiger partial charge >= 0.3 is 5.97 Å². The molecule has 3 N–H and O–H groups in total. The van der Waals surface area contributed by atoms with Crippen molar-refractivity contribution < 1.29 is 14.3 Å². The first-order valence-corrected chi connectivity index (χ1v) is 7.63. The molecule has 3 nitrogen and oxygen atoms in total. The minimum atomic E-state index is -1.06. The molecule has 2 aromatic rings. The maximum absolute atomic E-state index is 14.4. The number of aryl methyl sites for hydroxylation is 3. The molecule has 23 heavy (non-hydrogen) atoms. The van der Waals surface area contributed by atoms with E-state index >= 15 is 0 Å². The second-order valence-electron chi connectivity index (χ2n) is 5.82. The number of hydrogen-bond acceptors (Lipinski definition) is 2. The molecule has 5 heteroatoms. The zero-order valence-corrected chi connectivity index (χ0v) is 14.0. The Hall–Kier alpha value is -1.91. The first-order valence-electron chi connectivity index (χ1n) is 7.25. The van der Waals surface area contributed by atoms with Crippen LogP contribution in [0.1, 0.15) is 34.7 Å². The van der Waals surface area contributed by atoms with Crippen molar-refractivity contribution in [2.24, 2.45) is 5.73 Å². The van der Waals surface area contributed by atoms with Gasteiger partial charge in [0.1, 0.15) is 5.82 Å². The molecule has 0 amide bonds. The standard InChI is InChI=1S/C18H19ClFNO2/c1-9-5-13(19)6-10(2)17(9)12-4-11(3)18(20)14(7-12)15(21)8-16(22)23/h4-7,15H,8,21H2,1-3H3,(H,22,23). The molecule has 0 spiro atoms. The predicted octanol–water partition coefficient (Wildman–Crippen LogP) is 4.55. The molecule has 0 heterocycles. The van der Waals surface area contributed by atoms with Gasteiger partial charge in [-0.1, -0.05) is 11.6 Å². The van der Waals surface area contributed by atoms with Crippen LogP contribution in [0.3, 0.4) is 0 Å². The summed E-state index contributed by atoms with van der Waals surface area (Å²) in [5, 5.41) is 9.54. The van der Waals surface area contributed by atoms with Gasteiger partial charge in [-0.3, -0.25) is 4.79 Å². The van der Waals surface area contributed by atoms with Crippen molar-refractivity contribution in [3.63, 3.8) is 0 Å². The molecule has 2 aromatic carbocycles. The quantitative estimate of drug-likeness (QED) is 0.861. The van der Waals surface area contributed by atoms with Gasteiger partial charge in [0.2, 0.25) is 0 Å². The Morgan fingerprint density at radius 2 is 1.74 bits per heavy atom. The van der Waals surface area contributed by atoms with Gasteiger partial charge in [-0.25, -0.2) is 4.39 Å². The van der Waals surface area contributed by atoms with Crippen molar-refractivity contribution in [3.05, 3.63) is 57.4 Å². The summed E-state index contributed by atoms with van der Waals surface area (Å²) >= 11 is 6.06. The van der Waals surface area contributed by atoms with Crippen LogP contribution in [0.4, 0.5) is 4.39 Å². The van der Waals surface area contributed by atoms with Crippen LogP contribution in [0, 0.1) is 26.6 Å². The minimum Gasteiger partial charge on any atom is -0.481 e. The summed E-state index contributed by atoms with van der Waals surface area (Å²) in [7, 11) is 0. The molecule has 0 saturated heterocycles. The van der Waals surface area contributed by atoms with Gasteiger partial charge in [0.15, 0.2) is 0 Å². The molecule has 0 fully saturated rings. The molecule has 122 valence electrons. The van der Waals surface area contributed by atoms with E-state index in [1.165, 1.54) is 0 Å². The van der Waals surface area contributed by atoms with Crippen molar-refractivity contribution >= 4 is 17.6 Å². The van der Waals surface area contributed by atoms with Gasteiger partial charge in [-0.05, 0) is 72.9 Å². The average Bonchev–Trinajstić information content (AvgIpc) is 2.40. The third-order valence-corrected chi connectivity index (χ3v) is 4.08. The smallest absolute Gasteiger partial charge is 0.305 e. The third kappa shape index (κ3) is 3.71. The van der Waals surface area contributed by atoms with Gasteiger partial charge in [0, 0.05) is 16.6 Å². The number of benzene rings is 2. The van der Waals surface area contributed by atoms with Crippen LogP contribution in [-0.2, 0) is 4.79 Å². The second kappa shape index (κ2) is 6.69. The largest absolute Gasteiger partial charge is 0.481 e. The minimum absolute atomic E-state index is 0.219. The summed E-state index contributed by atoms with van der Waals surface area (Å²) < 4.78 is 14.4. The van der Waals surface area contributed by atoms with Crippen LogP contribution >= 0.6 is 11.6 Å². The van der Waals surface area contributed by atoms with E-state index in [1.807, 2.05) is 26.0 Å². The van der Waals surface area contributed by atoms with Crippen LogP contribution in [0.2, 0.25) is 5.02 Å². The van der Waals surface area contributed by atoms with Crippen LogP contribution in [-0.4, -0.2) is 11.1 Å². The number of rotatable bonds is 4. The zero-order valence-electron chi connectivity index (χ0n) is 13.3. The van der Waals surface area contributed by atoms with E-state index in [0.717, 1.165) is 22.3 Å². The van der Waals surface area contributed by atoms with Crippen molar-refractivity contribution in [2.75, 3.05) is 0 Å². The van der Waals surface area contributed by atoms with Gasteiger partial charge in [0.25, 0.3) is 0 Å². The van der Waals surface area contributed by atoms with Crippen molar-refractivity contribution in [2.45, 2.75) is 33.2 Å². The first kappa shape index (κ1) is 17.4. The molecule has 0 aliphatic heterocycles. The molecule has 0 saturated carbocycles. The van der Waals surface area contributed by atoms with E-state index < -0.39 is 17.8 Å². The lowest BCUT2D eigenvalue weighted by atomic mass is 9.91. The van der Waals surface area contributed by atoms with E-state index in [-0.39, 0.29) is 12.0 Å². The molecular weight excluding hydrogens is 317 g/mol. The van der Waals surface area contributed by atoms with Crippen molar-refractivity contribution in [3.8, 4) is 11.1 Å². The number of aliphatic carboxylic acids is 1. The molecule has 2 rings (SSSR count). The van der Waals surface area contributed by atoms with Crippen LogP contribution < -0.4 is 5.73 Å². The normalized spacial score (nSPS) is 12.3. The Balaban J connectivity index is 2.62. The molecule has 0 aliphatic carbocycles. The van der Waals surface area contributed by atoms with E-state index in [2.05, 4.69) is 0 Å².